The molecule has 0 amide bonds. The molecule has 3 heterocycles. The van der Waals surface area contributed by atoms with E-state index < -0.39 is 60.5 Å². The maximum Gasteiger partial charge on any atom is 0.330 e. The van der Waals surface area contributed by atoms with Crippen molar-refractivity contribution in [2.75, 3.05) is 0 Å². The fourth-order valence-electron chi connectivity index (χ4n) is 6.50. The molecule has 1 saturated carbocycles. The average molecular weight is 634 g/mol. The minimum Gasteiger partial charge on any atom is -0.459 e. The molecule has 0 aromatic rings. The highest BCUT2D eigenvalue weighted by Gasteiger charge is 2.47. The van der Waals surface area contributed by atoms with Crippen LogP contribution in [-0.2, 0) is 23.7 Å². The fraction of sp³-hybridized carbons (Fsp3) is 0.676. The molecule has 0 aromatic carbocycles. The summed E-state index contributed by atoms with van der Waals surface area (Å²) in [6.45, 7) is 5.41. The largest absolute Gasteiger partial charge is 0.459 e. The summed E-state index contributed by atoms with van der Waals surface area (Å²) in [5, 5.41) is 54.4. The zero-order chi connectivity index (χ0) is 32.7. The van der Waals surface area contributed by atoms with Gasteiger partial charge in [-0.3, -0.25) is 0 Å². The number of fused-ring (bicyclic) bond motifs is 3. The van der Waals surface area contributed by atoms with Gasteiger partial charge in [0.15, 0.2) is 6.29 Å². The summed E-state index contributed by atoms with van der Waals surface area (Å²) in [5.74, 6) is -0.827. The number of hydrogen-bond donors (Lipinski definition) is 6. The summed E-state index contributed by atoms with van der Waals surface area (Å²) in [6, 6.07) is -0.946. The molecule has 7 N–H and O–H groups in total. The first-order valence-electron chi connectivity index (χ1n) is 16.1. The van der Waals surface area contributed by atoms with Crippen LogP contribution in [0.5, 0.6) is 0 Å². The highest BCUT2D eigenvalue weighted by molar-refractivity contribution is 5.82. The van der Waals surface area contributed by atoms with E-state index in [1.807, 2.05) is 62.5 Å². The molecule has 4 rings (SSSR count). The van der Waals surface area contributed by atoms with E-state index in [2.05, 4.69) is 0 Å². The Morgan fingerprint density at radius 1 is 0.889 bits per heavy atom. The van der Waals surface area contributed by atoms with Gasteiger partial charge in [-0.05, 0) is 44.6 Å². The highest BCUT2D eigenvalue weighted by Crippen LogP contribution is 2.43. The number of aliphatic hydroxyl groups excluding tert-OH is 4. The molecule has 0 radical (unpaired) electrons. The molecule has 3 fully saturated rings. The summed E-state index contributed by atoms with van der Waals surface area (Å²) in [4.78, 5) is 12.2. The van der Waals surface area contributed by atoms with E-state index in [-0.39, 0.29) is 49.4 Å². The predicted octanol–water partition coefficient (Wildman–Crippen LogP) is 1.72. The van der Waals surface area contributed by atoms with E-state index in [4.69, 9.17) is 24.7 Å². The maximum absolute atomic E-state index is 12.2. The second-order valence-corrected chi connectivity index (χ2v) is 13.2. The molecular weight excluding hydrogens is 582 g/mol. The van der Waals surface area contributed by atoms with Gasteiger partial charge >= 0.3 is 5.97 Å². The van der Waals surface area contributed by atoms with Crippen LogP contribution in [0.15, 0.2) is 60.8 Å². The number of nitrogens with two attached hydrogens (primary N) is 1. The first-order valence-corrected chi connectivity index (χ1v) is 16.1. The Hall–Kier alpha value is -2.19. The monoisotopic (exact) mass is 633 g/mol. The molecule has 3 aliphatic heterocycles. The summed E-state index contributed by atoms with van der Waals surface area (Å²) >= 11 is 0. The third-order valence-electron chi connectivity index (χ3n) is 9.29. The van der Waals surface area contributed by atoms with Crippen LogP contribution in [0.4, 0.5) is 0 Å². The lowest BCUT2D eigenvalue weighted by molar-refractivity contribution is -0.277. The Kier molecular flexibility index (Phi) is 12.7. The fourth-order valence-corrected chi connectivity index (χ4v) is 6.50. The van der Waals surface area contributed by atoms with Gasteiger partial charge in [-0.15, -0.1) is 0 Å². The van der Waals surface area contributed by atoms with Crippen molar-refractivity contribution in [2.45, 2.75) is 132 Å². The van der Waals surface area contributed by atoms with Crippen LogP contribution >= 0.6 is 0 Å². The van der Waals surface area contributed by atoms with E-state index >= 15 is 0 Å². The Morgan fingerprint density at radius 3 is 2.36 bits per heavy atom. The van der Waals surface area contributed by atoms with E-state index in [1.165, 1.54) is 6.08 Å². The van der Waals surface area contributed by atoms with Crippen molar-refractivity contribution >= 4 is 5.97 Å². The number of allylic oxidation sites excluding steroid dienone is 6. The highest BCUT2D eigenvalue weighted by atomic mass is 16.7. The Bertz CT molecular complexity index is 1120. The molecule has 14 atom stereocenters. The van der Waals surface area contributed by atoms with Crippen molar-refractivity contribution in [3.63, 3.8) is 0 Å². The lowest BCUT2D eigenvalue weighted by Crippen LogP contribution is -2.61. The van der Waals surface area contributed by atoms with Gasteiger partial charge in [-0.1, -0.05) is 55.5 Å². The van der Waals surface area contributed by atoms with Gasteiger partial charge in [0.05, 0.1) is 48.3 Å². The quantitative estimate of drug-likeness (QED) is 0.192. The third kappa shape index (κ3) is 10.4. The third-order valence-corrected chi connectivity index (χ3v) is 9.29. The molecule has 2 bridgehead atoms. The van der Waals surface area contributed by atoms with Gasteiger partial charge < -0.3 is 50.2 Å². The summed E-state index contributed by atoms with van der Waals surface area (Å²) < 4.78 is 23.0. The number of carbonyl (C=O) groups is 1. The Balaban J connectivity index is 1.53. The van der Waals surface area contributed by atoms with Gasteiger partial charge in [0, 0.05) is 31.8 Å². The van der Waals surface area contributed by atoms with Gasteiger partial charge in [-0.25, -0.2) is 4.79 Å². The number of esters is 1. The molecule has 4 aliphatic rings. The number of aliphatic hydroxyl groups is 5. The first-order chi connectivity index (χ1) is 21.3. The minimum atomic E-state index is -1.32. The smallest absolute Gasteiger partial charge is 0.330 e. The molecular formula is C34H51NO10. The van der Waals surface area contributed by atoms with E-state index in [9.17, 15) is 30.3 Å². The Morgan fingerprint density at radius 2 is 1.60 bits per heavy atom. The standard InChI is InChI=1S/C34H51NO10/c1-20-11-9-7-5-4-6-8-10-12-25(44-33-32(40)30(35)31(39)22(3)43-33)15-23-17-34(41,19-26(37)21(23)2)18-24(36)16-28-27(45-28)13-14-29(38)42-20/h4-10,12-14,20-28,30-33,36-37,39-41H,11,15-19,35H2,1-3H3/b5-4+,8-6+,9-7+,12-10+,14-13+/t20-,21+,22?,23-,24?,25+,26?,27?,28-,30?,31+,32?,33+,34+/m1/s1. The minimum absolute atomic E-state index is 0.0573. The zero-order valence-electron chi connectivity index (χ0n) is 26.4. The number of rotatable bonds is 2. The van der Waals surface area contributed by atoms with Crippen LogP contribution in [0.2, 0.25) is 0 Å². The van der Waals surface area contributed by atoms with Crippen molar-refractivity contribution in [3.8, 4) is 0 Å². The number of epoxide rings is 1. The van der Waals surface area contributed by atoms with Gasteiger partial charge in [0.2, 0.25) is 0 Å². The molecule has 11 heteroatoms. The SMILES string of the molecule is CC1O[C@@H](O[C@H]2/C=C/C=C/C=C/C=C/C[C@@H](C)OC(=O)/C=C/C3O[C@@H]3CC(O)C[C@]3(O)CC(O)[C@@H](C)[C@H](C2)C3)C(O)C(N)[C@H]1O. The van der Waals surface area contributed by atoms with Crippen LogP contribution in [-0.4, -0.2) is 104 Å². The molecule has 252 valence electrons. The lowest BCUT2D eigenvalue weighted by atomic mass is 9.67. The number of ether oxygens (including phenoxy) is 4. The van der Waals surface area contributed by atoms with Gasteiger partial charge in [0.1, 0.15) is 18.3 Å². The van der Waals surface area contributed by atoms with Gasteiger partial charge in [0.25, 0.3) is 0 Å². The number of cyclic esters (lactones) is 1. The van der Waals surface area contributed by atoms with Crippen molar-refractivity contribution in [1.82, 2.24) is 0 Å². The zero-order valence-corrected chi connectivity index (χ0v) is 26.4. The maximum atomic E-state index is 12.2. The van der Waals surface area contributed by atoms with Crippen molar-refractivity contribution in [3.05, 3.63) is 60.8 Å². The van der Waals surface area contributed by atoms with Crippen LogP contribution in [0.3, 0.4) is 0 Å². The summed E-state index contributed by atoms with van der Waals surface area (Å²) in [5.41, 5.74) is 4.72. The van der Waals surface area contributed by atoms with Crippen LogP contribution in [0, 0.1) is 11.8 Å². The van der Waals surface area contributed by atoms with E-state index in [1.54, 1.807) is 13.0 Å². The topological polar surface area (TPSA) is 184 Å². The molecule has 1 aliphatic carbocycles. The van der Waals surface area contributed by atoms with Crippen molar-refractivity contribution in [1.29, 1.82) is 0 Å². The van der Waals surface area contributed by atoms with Crippen LogP contribution in [0.1, 0.15) is 59.3 Å². The van der Waals surface area contributed by atoms with Crippen LogP contribution < -0.4 is 5.73 Å². The number of carbonyl (C=O) groups excluding carboxylic acids is 1. The van der Waals surface area contributed by atoms with Crippen LogP contribution in [0.25, 0.3) is 0 Å². The molecule has 11 nitrogen and oxygen atoms in total. The predicted molar refractivity (Wildman–Crippen MR) is 166 cm³/mol. The van der Waals surface area contributed by atoms with Gasteiger partial charge in [-0.2, -0.15) is 0 Å². The molecule has 6 unspecified atom stereocenters. The average Bonchev–Trinajstić information content (AvgIpc) is 3.71. The lowest BCUT2D eigenvalue weighted by Gasteiger charge is -2.45. The second kappa shape index (κ2) is 16.1. The molecule has 0 spiro atoms. The summed E-state index contributed by atoms with van der Waals surface area (Å²) in [6.07, 6.45) is 12.3. The summed E-state index contributed by atoms with van der Waals surface area (Å²) in [7, 11) is 0. The molecule has 2 saturated heterocycles. The first kappa shape index (κ1) is 35.7. The van der Waals surface area contributed by atoms with E-state index in [0.717, 1.165) is 0 Å². The van der Waals surface area contributed by atoms with Crippen molar-refractivity contribution in [2.24, 2.45) is 17.6 Å². The molecule has 45 heavy (non-hydrogen) atoms. The second-order valence-electron chi connectivity index (χ2n) is 13.2. The Labute approximate surface area is 265 Å². The van der Waals surface area contributed by atoms with E-state index in [0.29, 0.717) is 19.3 Å². The number of hydrogen-bond acceptors (Lipinski definition) is 11. The normalized spacial score (nSPS) is 48.9. The molecule has 0 aromatic heterocycles. The van der Waals surface area contributed by atoms with Crippen molar-refractivity contribution < 1.29 is 49.3 Å².